The first-order valence-corrected chi connectivity index (χ1v) is 9.84. The second kappa shape index (κ2) is 9.06. The molecule has 148 valence electrons. The van der Waals surface area contributed by atoms with Gasteiger partial charge in [0.2, 0.25) is 5.91 Å². The van der Waals surface area contributed by atoms with Crippen LogP contribution in [0.15, 0.2) is 48.8 Å². The van der Waals surface area contributed by atoms with Gasteiger partial charge < -0.3 is 15.1 Å². The second-order valence-electron chi connectivity index (χ2n) is 7.19. The highest BCUT2D eigenvalue weighted by atomic mass is 35.5. The third-order valence-electron chi connectivity index (χ3n) is 4.96. The van der Waals surface area contributed by atoms with E-state index in [-0.39, 0.29) is 17.7 Å². The first-order valence-electron chi connectivity index (χ1n) is 9.46. The van der Waals surface area contributed by atoms with Crippen molar-refractivity contribution in [2.75, 3.05) is 31.1 Å². The van der Waals surface area contributed by atoms with E-state index in [1.165, 1.54) is 0 Å². The van der Waals surface area contributed by atoms with E-state index in [0.29, 0.717) is 23.7 Å². The van der Waals surface area contributed by atoms with E-state index in [1.54, 1.807) is 36.7 Å². The number of nitrogens with zero attached hydrogens (tertiary/aromatic N) is 3. The summed E-state index contributed by atoms with van der Waals surface area (Å²) in [5, 5.41) is 3.25. The molecule has 3 rings (SSSR count). The molecule has 0 bridgehead atoms. The van der Waals surface area contributed by atoms with Gasteiger partial charge >= 0.3 is 0 Å². The number of hydrogen-bond acceptors (Lipinski definition) is 4. The number of halogens is 1. The third kappa shape index (κ3) is 4.62. The number of anilines is 1. The summed E-state index contributed by atoms with van der Waals surface area (Å²) < 4.78 is 0. The lowest BCUT2D eigenvalue weighted by molar-refractivity contribution is -0.134. The van der Waals surface area contributed by atoms with Crippen LogP contribution in [-0.4, -0.2) is 53.9 Å². The van der Waals surface area contributed by atoms with Crippen LogP contribution < -0.4 is 10.2 Å². The SMILES string of the molecule is CC(C)[C@H](NC(=O)c1ccccc1Cl)C(=O)N1CCN(c2ccncc2)CC1. The number of nitrogens with one attached hydrogen (secondary N) is 1. The summed E-state index contributed by atoms with van der Waals surface area (Å²) in [6.07, 6.45) is 3.54. The molecule has 1 N–H and O–H groups in total. The van der Waals surface area contributed by atoms with Crippen LogP contribution >= 0.6 is 11.6 Å². The number of pyridine rings is 1. The molecule has 1 saturated heterocycles. The Morgan fingerprint density at radius 2 is 1.68 bits per heavy atom. The van der Waals surface area contributed by atoms with E-state index in [2.05, 4.69) is 15.2 Å². The van der Waals surface area contributed by atoms with E-state index in [0.717, 1.165) is 18.8 Å². The van der Waals surface area contributed by atoms with Gasteiger partial charge in [0, 0.05) is 44.3 Å². The number of amides is 2. The van der Waals surface area contributed by atoms with Crippen molar-refractivity contribution in [1.29, 1.82) is 0 Å². The number of aromatic nitrogens is 1. The Hall–Kier alpha value is -2.60. The maximum absolute atomic E-state index is 13.1. The van der Waals surface area contributed by atoms with Gasteiger partial charge in [-0.25, -0.2) is 0 Å². The molecule has 2 amide bonds. The molecule has 2 heterocycles. The Labute approximate surface area is 170 Å². The van der Waals surface area contributed by atoms with Gasteiger partial charge in [-0.3, -0.25) is 14.6 Å². The fourth-order valence-corrected chi connectivity index (χ4v) is 3.54. The Morgan fingerprint density at radius 1 is 1.04 bits per heavy atom. The number of hydrogen-bond donors (Lipinski definition) is 1. The van der Waals surface area contributed by atoms with Crippen molar-refractivity contribution in [3.63, 3.8) is 0 Å². The molecule has 6 nitrogen and oxygen atoms in total. The van der Waals surface area contributed by atoms with Crippen LogP contribution in [-0.2, 0) is 4.79 Å². The minimum absolute atomic E-state index is 0.0304. The number of carbonyl (C=O) groups is 2. The number of carbonyl (C=O) groups excluding carboxylic acids is 2. The molecule has 1 aromatic heterocycles. The zero-order valence-electron chi connectivity index (χ0n) is 16.1. The molecule has 1 atom stereocenters. The lowest BCUT2D eigenvalue weighted by Crippen LogP contribution is -2.56. The number of rotatable bonds is 5. The fraction of sp³-hybridized carbons (Fsp3) is 0.381. The van der Waals surface area contributed by atoms with Crippen LogP contribution in [0.3, 0.4) is 0 Å². The lowest BCUT2D eigenvalue weighted by atomic mass is 10.0. The second-order valence-corrected chi connectivity index (χ2v) is 7.60. The van der Waals surface area contributed by atoms with Crippen molar-refractivity contribution in [1.82, 2.24) is 15.2 Å². The van der Waals surface area contributed by atoms with Crippen molar-refractivity contribution >= 4 is 29.1 Å². The molecule has 0 unspecified atom stereocenters. The average Bonchev–Trinajstić information content (AvgIpc) is 2.72. The minimum atomic E-state index is -0.587. The Kier molecular flexibility index (Phi) is 6.52. The monoisotopic (exact) mass is 400 g/mol. The van der Waals surface area contributed by atoms with E-state index in [1.807, 2.05) is 30.9 Å². The zero-order chi connectivity index (χ0) is 20.1. The highest BCUT2D eigenvalue weighted by Gasteiger charge is 2.31. The highest BCUT2D eigenvalue weighted by Crippen LogP contribution is 2.18. The summed E-state index contributed by atoms with van der Waals surface area (Å²) in [6.45, 7) is 6.60. The smallest absolute Gasteiger partial charge is 0.253 e. The van der Waals surface area contributed by atoms with E-state index in [9.17, 15) is 9.59 Å². The van der Waals surface area contributed by atoms with Crippen molar-refractivity contribution in [2.24, 2.45) is 5.92 Å². The fourth-order valence-electron chi connectivity index (χ4n) is 3.31. The predicted octanol–water partition coefficient (Wildman–Crippen LogP) is 2.84. The predicted molar refractivity (Wildman–Crippen MR) is 111 cm³/mol. The summed E-state index contributed by atoms with van der Waals surface area (Å²) in [7, 11) is 0. The molecule has 1 aliphatic heterocycles. The molecule has 1 aliphatic rings. The maximum Gasteiger partial charge on any atom is 0.253 e. The van der Waals surface area contributed by atoms with Gasteiger partial charge in [-0.05, 0) is 30.2 Å². The maximum atomic E-state index is 13.1. The first-order chi connectivity index (χ1) is 13.5. The van der Waals surface area contributed by atoms with Gasteiger partial charge in [0.25, 0.3) is 5.91 Å². The minimum Gasteiger partial charge on any atom is -0.368 e. The largest absolute Gasteiger partial charge is 0.368 e. The summed E-state index contributed by atoms with van der Waals surface area (Å²) in [5.74, 6) is -0.407. The Balaban J connectivity index is 1.64. The molecule has 0 aliphatic carbocycles. The summed E-state index contributed by atoms with van der Waals surface area (Å²) >= 11 is 6.12. The molecule has 0 radical (unpaired) electrons. The van der Waals surface area contributed by atoms with E-state index >= 15 is 0 Å². The molecule has 1 aromatic carbocycles. The molecule has 28 heavy (non-hydrogen) atoms. The van der Waals surface area contributed by atoms with E-state index < -0.39 is 6.04 Å². The van der Waals surface area contributed by atoms with Crippen LogP contribution in [0, 0.1) is 5.92 Å². The lowest BCUT2D eigenvalue weighted by Gasteiger charge is -2.38. The van der Waals surface area contributed by atoms with Crippen LogP contribution in [0.1, 0.15) is 24.2 Å². The average molecular weight is 401 g/mol. The third-order valence-corrected chi connectivity index (χ3v) is 5.29. The van der Waals surface area contributed by atoms with Gasteiger partial charge in [-0.15, -0.1) is 0 Å². The van der Waals surface area contributed by atoms with Crippen molar-refractivity contribution in [3.05, 3.63) is 59.4 Å². The Morgan fingerprint density at radius 3 is 2.29 bits per heavy atom. The first kappa shape index (κ1) is 20.1. The standard InChI is InChI=1S/C21H25ClN4O2/c1-15(2)19(24-20(27)17-5-3-4-6-18(17)22)21(28)26-13-11-25(12-14-26)16-7-9-23-10-8-16/h3-10,15,19H,11-14H2,1-2H3,(H,24,27)/t19-/m0/s1. The topological polar surface area (TPSA) is 65.5 Å². The Bertz CT molecular complexity index is 820. The normalized spacial score (nSPS) is 15.4. The molecule has 7 heteroatoms. The molecule has 0 spiro atoms. The number of benzene rings is 1. The van der Waals surface area contributed by atoms with Gasteiger partial charge in [-0.1, -0.05) is 37.6 Å². The summed E-state index contributed by atoms with van der Waals surface area (Å²) in [5.41, 5.74) is 1.49. The number of piperazine rings is 1. The van der Waals surface area contributed by atoms with Crippen molar-refractivity contribution in [2.45, 2.75) is 19.9 Å². The molecule has 2 aromatic rings. The van der Waals surface area contributed by atoms with E-state index in [4.69, 9.17) is 11.6 Å². The van der Waals surface area contributed by atoms with Crippen molar-refractivity contribution in [3.8, 4) is 0 Å². The van der Waals surface area contributed by atoms with Gasteiger partial charge in [-0.2, -0.15) is 0 Å². The van der Waals surface area contributed by atoms with Crippen LogP contribution in [0.5, 0.6) is 0 Å². The van der Waals surface area contributed by atoms with Gasteiger partial charge in [0.05, 0.1) is 10.6 Å². The highest BCUT2D eigenvalue weighted by molar-refractivity contribution is 6.33. The summed E-state index contributed by atoms with van der Waals surface area (Å²) in [4.78, 5) is 33.8. The summed E-state index contributed by atoms with van der Waals surface area (Å²) in [6, 6.07) is 10.2. The molecular formula is C21H25ClN4O2. The van der Waals surface area contributed by atoms with Crippen molar-refractivity contribution < 1.29 is 9.59 Å². The quantitative estimate of drug-likeness (QED) is 0.838. The molecule has 0 saturated carbocycles. The molecule has 1 fully saturated rings. The zero-order valence-corrected chi connectivity index (χ0v) is 16.9. The van der Waals surface area contributed by atoms with Crippen LogP contribution in [0.2, 0.25) is 5.02 Å². The molecular weight excluding hydrogens is 376 g/mol. The van der Waals surface area contributed by atoms with Gasteiger partial charge in [0.15, 0.2) is 0 Å². The van der Waals surface area contributed by atoms with Crippen LogP contribution in [0.25, 0.3) is 0 Å². The van der Waals surface area contributed by atoms with Gasteiger partial charge in [0.1, 0.15) is 6.04 Å². The van der Waals surface area contributed by atoms with Crippen LogP contribution in [0.4, 0.5) is 5.69 Å².